The summed E-state index contributed by atoms with van der Waals surface area (Å²) in [4.78, 5) is 27.2. The summed E-state index contributed by atoms with van der Waals surface area (Å²) in [6.45, 7) is 6.90. The molecule has 156 valence electrons. The molecule has 0 fully saturated rings. The molecule has 0 aliphatic heterocycles. The van der Waals surface area contributed by atoms with Gasteiger partial charge in [-0.2, -0.15) is 0 Å². The Balaban J connectivity index is 2.03. The zero-order valence-electron chi connectivity index (χ0n) is 17.3. The summed E-state index contributed by atoms with van der Waals surface area (Å²) in [6, 6.07) is 15.7. The van der Waals surface area contributed by atoms with Crippen molar-refractivity contribution < 1.29 is 9.59 Å². The van der Waals surface area contributed by atoms with Gasteiger partial charge >= 0.3 is 0 Å². The van der Waals surface area contributed by atoms with Crippen molar-refractivity contribution in [3.05, 3.63) is 69.7 Å². The number of aryl methyl sites for hydroxylation is 1. The Morgan fingerprint density at radius 2 is 1.69 bits per heavy atom. The minimum Gasteiger partial charge on any atom is -0.354 e. The smallest absolute Gasteiger partial charge is 0.242 e. The number of rotatable bonds is 10. The van der Waals surface area contributed by atoms with Gasteiger partial charge in [-0.15, -0.1) is 11.8 Å². The SMILES string of the molecule is CCCNC(=O)[C@@H](C)N(Cc1ccc(Br)cc1)C(=O)CSCc1ccc(C)cc1. The first-order chi connectivity index (χ1) is 13.9. The summed E-state index contributed by atoms with van der Waals surface area (Å²) < 4.78 is 0.988. The van der Waals surface area contributed by atoms with Crippen LogP contribution in [0.3, 0.4) is 0 Å². The lowest BCUT2D eigenvalue weighted by Gasteiger charge is -2.28. The second-order valence-electron chi connectivity index (χ2n) is 7.09. The molecule has 0 heterocycles. The van der Waals surface area contributed by atoms with E-state index >= 15 is 0 Å². The molecule has 0 radical (unpaired) electrons. The standard InChI is InChI=1S/C23H29BrN2O2S/c1-4-13-25-23(28)18(3)26(14-19-9-11-21(24)12-10-19)22(27)16-29-15-20-7-5-17(2)6-8-20/h5-12,18H,4,13-16H2,1-3H3,(H,25,28)/t18-/m1/s1. The van der Waals surface area contributed by atoms with E-state index < -0.39 is 6.04 Å². The van der Waals surface area contributed by atoms with Gasteiger partial charge in [-0.05, 0) is 43.5 Å². The van der Waals surface area contributed by atoms with Crippen molar-refractivity contribution in [2.75, 3.05) is 12.3 Å². The van der Waals surface area contributed by atoms with Gasteiger partial charge in [-0.3, -0.25) is 9.59 Å². The highest BCUT2D eigenvalue weighted by Crippen LogP contribution is 2.17. The van der Waals surface area contributed by atoms with Gasteiger partial charge in [-0.1, -0.05) is 64.8 Å². The van der Waals surface area contributed by atoms with E-state index in [1.165, 1.54) is 11.1 Å². The van der Waals surface area contributed by atoms with Gasteiger partial charge < -0.3 is 10.2 Å². The maximum Gasteiger partial charge on any atom is 0.242 e. The van der Waals surface area contributed by atoms with Crippen molar-refractivity contribution in [3.8, 4) is 0 Å². The molecule has 0 aliphatic rings. The van der Waals surface area contributed by atoms with E-state index in [-0.39, 0.29) is 11.8 Å². The van der Waals surface area contributed by atoms with E-state index in [2.05, 4.69) is 52.4 Å². The number of halogens is 1. The van der Waals surface area contributed by atoms with Gasteiger partial charge in [0.1, 0.15) is 6.04 Å². The second kappa shape index (κ2) is 12.0. The van der Waals surface area contributed by atoms with Crippen LogP contribution < -0.4 is 5.32 Å². The molecule has 29 heavy (non-hydrogen) atoms. The summed E-state index contributed by atoms with van der Waals surface area (Å²) in [5, 5.41) is 2.90. The predicted molar refractivity (Wildman–Crippen MR) is 125 cm³/mol. The fourth-order valence-corrected chi connectivity index (χ4v) is 3.92. The average molecular weight is 477 g/mol. The van der Waals surface area contributed by atoms with E-state index in [4.69, 9.17) is 0 Å². The van der Waals surface area contributed by atoms with Crippen molar-refractivity contribution in [2.24, 2.45) is 0 Å². The normalized spacial score (nSPS) is 11.7. The molecule has 0 aliphatic carbocycles. The lowest BCUT2D eigenvalue weighted by Crippen LogP contribution is -2.48. The average Bonchev–Trinajstić information content (AvgIpc) is 2.72. The topological polar surface area (TPSA) is 49.4 Å². The van der Waals surface area contributed by atoms with Gasteiger partial charge in [0.25, 0.3) is 0 Å². The number of nitrogens with zero attached hydrogens (tertiary/aromatic N) is 1. The highest BCUT2D eigenvalue weighted by molar-refractivity contribution is 9.10. The molecule has 2 amide bonds. The molecule has 0 spiro atoms. The summed E-state index contributed by atoms with van der Waals surface area (Å²) in [7, 11) is 0. The number of benzene rings is 2. The van der Waals surface area contributed by atoms with E-state index in [0.717, 1.165) is 22.2 Å². The van der Waals surface area contributed by atoms with Gasteiger partial charge in [0.2, 0.25) is 11.8 Å². The van der Waals surface area contributed by atoms with Crippen LogP contribution in [0, 0.1) is 6.92 Å². The minimum absolute atomic E-state index is 0.0239. The number of amides is 2. The minimum atomic E-state index is -0.516. The van der Waals surface area contributed by atoms with Gasteiger partial charge in [0, 0.05) is 23.3 Å². The number of hydrogen-bond acceptors (Lipinski definition) is 3. The van der Waals surface area contributed by atoms with Crippen LogP contribution in [0.15, 0.2) is 53.0 Å². The number of carbonyl (C=O) groups is 2. The molecule has 1 atom stereocenters. The summed E-state index contributed by atoms with van der Waals surface area (Å²) in [5.74, 6) is 0.981. The van der Waals surface area contributed by atoms with Gasteiger partial charge in [0.15, 0.2) is 0 Å². The van der Waals surface area contributed by atoms with Crippen LogP contribution in [0.25, 0.3) is 0 Å². The Kier molecular flexibility index (Phi) is 9.74. The quantitative estimate of drug-likeness (QED) is 0.528. The van der Waals surface area contributed by atoms with Crippen LogP contribution in [0.1, 0.15) is 37.0 Å². The first-order valence-electron chi connectivity index (χ1n) is 9.85. The molecule has 2 aromatic rings. The van der Waals surface area contributed by atoms with Crippen LogP contribution in [-0.4, -0.2) is 35.1 Å². The van der Waals surface area contributed by atoms with E-state index in [1.54, 1.807) is 23.6 Å². The van der Waals surface area contributed by atoms with Gasteiger partial charge in [0.05, 0.1) is 5.75 Å². The molecule has 0 saturated heterocycles. The first-order valence-corrected chi connectivity index (χ1v) is 11.8. The number of nitrogens with one attached hydrogen (secondary N) is 1. The molecule has 0 aromatic heterocycles. The van der Waals surface area contributed by atoms with Crippen LogP contribution in [0.5, 0.6) is 0 Å². The van der Waals surface area contributed by atoms with Crippen LogP contribution in [0.2, 0.25) is 0 Å². The molecular formula is C23H29BrN2O2S. The molecular weight excluding hydrogens is 448 g/mol. The highest BCUT2D eigenvalue weighted by Gasteiger charge is 2.25. The fourth-order valence-electron chi connectivity index (χ4n) is 2.79. The number of carbonyl (C=O) groups excluding carboxylic acids is 2. The Morgan fingerprint density at radius 1 is 1.07 bits per heavy atom. The maximum atomic E-state index is 13.0. The van der Waals surface area contributed by atoms with Crippen LogP contribution >= 0.6 is 27.7 Å². The van der Waals surface area contributed by atoms with Crippen molar-refractivity contribution in [1.82, 2.24) is 10.2 Å². The van der Waals surface area contributed by atoms with Crippen molar-refractivity contribution >= 4 is 39.5 Å². The molecule has 6 heteroatoms. The Labute approximate surface area is 186 Å². The molecule has 4 nitrogen and oxygen atoms in total. The van der Waals surface area contributed by atoms with Crippen molar-refractivity contribution in [2.45, 2.75) is 45.5 Å². The second-order valence-corrected chi connectivity index (χ2v) is 8.99. The largest absolute Gasteiger partial charge is 0.354 e. The summed E-state index contributed by atoms with van der Waals surface area (Å²) in [6.07, 6.45) is 0.867. The molecule has 0 unspecified atom stereocenters. The van der Waals surface area contributed by atoms with Crippen molar-refractivity contribution in [1.29, 1.82) is 0 Å². The highest BCUT2D eigenvalue weighted by atomic mass is 79.9. The van der Waals surface area contributed by atoms with Crippen molar-refractivity contribution in [3.63, 3.8) is 0 Å². The fraction of sp³-hybridized carbons (Fsp3) is 0.391. The monoisotopic (exact) mass is 476 g/mol. The molecule has 0 bridgehead atoms. The van der Waals surface area contributed by atoms with Crippen LogP contribution in [-0.2, 0) is 21.9 Å². The Morgan fingerprint density at radius 3 is 2.31 bits per heavy atom. The molecule has 2 rings (SSSR count). The van der Waals surface area contributed by atoms with E-state index in [0.29, 0.717) is 18.8 Å². The Hall–Kier alpha value is -1.79. The third kappa shape index (κ3) is 7.86. The predicted octanol–water partition coefficient (Wildman–Crippen LogP) is 4.93. The van der Waals surface area contributed by atoms with Crippen LogP contribution in [0.4, 0.5) is 0 Å². The number of thioether (sulfide) groups is 1. The van der Waals surface area contributed by atoms with E-state index in [9.17, 15) is 9.59 Å². The summed E-state index contributed by atoms with van der Waals surface area (Å²) in [5.41, 5.74) is 3.42. The first kappa shape index (κ1) is 23.5. The lowest BCUT2D eigenvalue weighted by atomic mass is 10.1. The molecule has 1 N–H and O–H groups in total. The third-order valence-electron chi connectivity index (χ3n) is 4.60. The van der Waals surface area contributed by atoms with E-state index in [1.807, 2.05) is 31.2 Å². The number of hydrogen-bond donors (Lipinski definition) is 1. The third-order valence-corrected chi connectivity index (χ3v) is 6.11. The molecule has 2 aromatic carbocycles. The lowest BCUT2D eigenvalue weighted by molar-refractivity contribution is -0.138. The van der Waals surface area contributed by atoms with Gasteiger partial charge in [-0.25, -0.2) is 0 Å². The zero-order chi connectivity index (χ0) is 21.2. The zero-order valence-corrected chi connectivity index (χ0v) is 19.7. The summed E-state index contributed by atoms with van der Waals surface area (Å²) >= 11 is 5.01. The molecule has 0 saturated carbocycles. The maximum absolute atomic E-state index is 13.0. The Bertz CT molecular complexity index is 794.